The summed E-state index contributed by atoms with van der Waals surface area (Å²) in [6, 6.07) is 5.40. The molecule has 5 heteroatoms. The average molecular weight is 304 g/mol. The average Bonchev–Trinajstić information content (AvgIpc) is 2.78. The Kier molecular flexibility index (Phi) is 4.52. The van der Waals surface area contributed by atoms with Crippen molar-refractivity contribution in [3.8, 4) is 11.5 Å². The van der Waals surface area contributed by atoms with E-state index in [0.717, 1.165) is 38.1 Å². The Morgan fingerprint density at radius 2 is 1.95 bits per heavy atom. The van der Waals surface area contributed by atoms with Gasteiger partial charge >= 0.3 is 0 Å². The first-order valence-electron chi connectivity index (χ1n) is 8.05. The SMILES string of the molecule is CC1(CNC(=O)c2ccc3c(c2)OCCCO3)CCNCC1. The summed E-state index contributed by atoms with van der Waals surface area (Å²) >= 11 is 0. The minimum Gasteiger partial charge on any atom is -0.490 e. The zero-order valence-corrected chi connectivity index (χ0v) is 13.1. The second kappa shape index (κ2) is 6.57. The van der Waals surface area contributed by atoms with Crippen molar-refractivity contribution in [2.45, 2.75) is 26.2 Å². The van der Waals surface area contributed by atoms with E-state index in [1.807, 2.05) is 6.07 Å². The zero-order valence-electron chi connectivity index (χ0n) is 13.1. The molecule has 0 radical (unpaired) electrons. The van der Waals surface area contributed by atoms with Crippen LogP contribution in [-0.2, 0) is 0 Å². The molecule has 0 aliphatic carbocycles. The number of nitrogens with one attached hydrogen (secondary N) is 2. The van der Waals surface area contributed by atoms with Crippen molar-refractivity contribution in [2.24, 2.45) is 5.41 Å². The monoisotopic (exact) mass is 304 g/mol. The van der Waals surface area contributed by atoms with Gasteiger partial charge in [-0.2, -0.15) is 0 Å². The molecule has 5 nitrogen and oxygen atoms in total. The third-order valence-electron chi connectivity index (χ3n) is 4.50. The number of ether oxygens (including phenoxy) is 2. The van der Waals surface area contributed by atoms with Crippen molar-refractivity contribution in [1.82, 2.24) is 10.6 Å². The highest BCUT2D eigenvalue weighted by molar-refractivity contribution is 5.94. The minimum atomic E-state index is -0.0459. The maximum absolute atomic E-state index is 12.4. The molecule has 0 unspecified atom stereocenters. The Hall–Kier alpha value is -1.75. The van der Waals surface area contributed by atoms with Gasteiger partial charge in [-0.3, -0.25) is 4.79 Å². The van der Waals surface area contributed by atoms with E-state index in [1.54, 1.807) is 12.1 Å². The normalized spacial score (nSPS) is 20.0. The summed E-state index contributed by atoms with van der Waals surface area (Å²) in [7, 11) is 0. The molecule has 1 amide bonds. The van der Waals surface area contributed by atoms with Crippen molar-refractivity contribution in [1.29, 1.82) is 0 Å². The van der Waals surface area contributed by atoms with Crippen LogP contribution in [0.5, 0.6) is 11.5 Å². The second-order valence-corrected chi connectivity index (χ2v) is 6.46. The Morgan fingerprint density at radius 1 is 1.23 bits per heavy atom. The molecule has 120 valence electrons. The third-order valence-corrected chi connectivity index (χ3v) is 4.50. The second-order valence-electron chi connectivity index (χ2n) is 6.46. The van der Waals surface area contributed by atoms with Crippen LogP contribution in [0.4, 0.5) is 0 Å². The van der Waals surface area contributed by atoms with Gasteiger partial charge in [0.05, 0.1) is 13.2 Å². The van der Waals surface area contributed by atoms with Crippen LogP contribution in [0, 0.1) is 5.41 Å². The topological polar surface area (TPSA) is 59.6 Å². The fourth-order valence-corrected chi connectivity index (χ4v) is 2.91. The maximum atomic E-state index is 12.4. The number of carbonyl (C=O) groups excluding carboxylic acids is 1. The summed E-state index contributed by atoms with van der Waals surface area (Å²) in [6.45, 7) is 6.28. The third kappa shape index (κ3) is 3.53. The highest BCUT2D eigenvalue weighted by Crippen LogP contribution is 2.31. The van der Waals surface area contributed by atoms with Gasteiger partial charge in [0.15, 0.2) is 11.5 Å². The molecule has 2 aliphatic rings. The Morgan fingerprint density at radius 3 is 2.73 bits per heavy atom. The van der Waals surface area contributed by atoms with E-state index in [0.29, 0.717) is 31.1 Å². The lowest BCUT2D eigenvalue weighted by molar-refractivity contribution is 0.0922. The lowest BCUT2D eigenvalue weighted by atomic mass is 9.81. The quantitative estimate of drug-likeness (QED) is 0.896. The Bertz CT molecular complexity index is 539. The van der Waals surface area contributed by atoms with Crippen LogP contribution in [-0.4, -0.2) is 38.8 Å². The van der Waals surface area contributed by atoms with Gasteiger partial charge in [-0.05, 0) is 49.5 Å². The van der Waals surface area contributed by atoms with Crippen molar-refractivity contribution in [3.63, 3.8) is 0 Å². The first-order valence-corrected chi connectivity index (χ1v) is 8.05. The number of amides is 1. The maximum Gasteiger partial charge on any atom is 0.251 e. The van der Waals surface area contributed by atoms with Crippen molar-refractivity contribution in [3.05, 3.63) is 23.8 Å². The van der Waals surface area contributed by atoms with E-state index in [4.69, 9.17) is 9.47 Å². The van der Waals surface area contributed by atoms with Gasteiger partial charge in [-0.15, -0.1) is 0 Å². The Labute approximate surface area is 131 Å². The van der Waals surface area contributed by atoms with Crippen LogP contribution in [0.25, 0.3) is 0 Å². The molecule has 1 saturated heterocycles. The molecular formula is C17H24N2O3. The molecule has 0 atom stereocenters. The first kappa shape index (κ1) is 15.2. The summed E-state index contributed by atoms with van der Waals surface area (Å²) in [5.41, 5.74) is 0.813. The van der Waals surface area contributed by atoms with Gasteiger partial charge in [-0.25, -0.2) is 0 Å². The van der Waals surface area contributed by atoms with Gasteiger partial charge in [0.2, 0.25) is 0 Å². The van der Waals surface area contributed by atoms with E-state index in [1.165, 1.54) is 0 Å². The fourth-order valence-electron chi connectivity index (χ4n) is 2.91. The number of fused-ring (bicyclic) bond motifs is 1. The predicted octanol–water partition coefficient (Wildman–Crippen LogP) is 1.97. The van der Waals surface area contributed by atoms with Gasteiger partial charge < -0.3 is 20.1 Å². The van der Waals surface area contributed by atoms with Crippen LogP contribution in [0.2, 0.25) is 0 Å². The molecule has 0 saturated carbocycles. The van der Waals surface area contributed by atoms with E-state index in [-0.39, 0.29) is 11.3 Å². The Balaban J connectivity index is 1.63. The van der Waals surface area contributed by atoms with Crippen LogP contribution in [0.3, 0.4) is 0 Å². The number of rotatable bonds is 3. The summed E-state index contributed by atoms with van der Waals surface area (Å²) in [5.74, 6) is 1.34. The standard InChI is InChI=1S/C17H24N2O3/c1-17(5-7-18-8-6-17)12-19-16(20)13-3-4-14-15(11-13)22-10-2-9-21-14/h3-4,11,18H,2,5-10,12H2,1H3,(H,19,20). The number of piperidine rings is 1. The van der Waals surface area contributed by atoms with Crippen molar-refractivity contribution < 1.29 is 14.3 Å². The highest BCUT2D eigenvalue weighted by Gasteiger charge is 2.27. The zero-order chi connectivity index (χ0) is 15.4. The summed E-state index contributed by atoms with van der Waals surface area (Å²) in [4.78, 5) is 12.4. The summed E-state index contributed by atoms with van der Waals surface area (Å²) in [5, 5.41) is 6.42. The smallest absolute Gasteiger partial charge is 0.251 e. The lowest BCUT2D eigenvalue weighted by Gasteiger charge is -2.34. The van der Waals surface area contributed by atoms with E-state index in [2.05, 4.69) is 17.6 Å². The molecule has 0 aromatic heterocycles. The molecule has 1 fully saturated rings. The van der Waals surface area contributed by atoms with Gasteiger partial charge in [-0.1, -0.05) is 6.92 Å². The molecule has 2 N–H and O–H groups in total. The van der Waals surface area contributed by atoms with Crippen LogP contribution >= 0.6 is 0 Å². The van der Waals surface area contributed by atoms with Crippen LogP contribution in [0.1, 0.15) is 36.5 Å². The minimum absolute atomic E-state index is 0.0459. The molecule has 0 spiro atoms. The number of carbonyl (C=O) groups is 1. The van der Waals surface area contributed by atoms with Crippen LogP contribution < -0.4 is 20.1 Å². The molecule has 22 heavy (non-hydrogen) atoms. The van der Waals surface area contributed by atoms with E-state index < -0.39 is 0 Å². The molecule has 2 heterocycles. The summed E-state index contributed by atoms with van der Waals surface area (Å²) in [6.07, 6.45) is 3.05. The van der Waals surface area contributed by atoms with E-state index >= 15 is 0 Å². The number of benzene rings is 1. The molecule has 1 aromatic carbocycles. The van der Waals surface area contributed by atoms with Gasteiger partial charge in [0.1, 0.15) is 0 Å². The summed E-state index contributed by atoms with van der Waals surface area (Å²) < 4.78 is 11.2. The van der Waals surface area contributed by atoms with E-state index in [9.17, 15) is 4.79 Å². The first-order chi connectivity index (χ1) is 10.7. The molecule has 0 bridgehead atoms. The largest absolute Gasteiger partial charge is 0.490 e. The molecule has 3 rings (SSSR count). The lowest BCUT2D eigenvalue weighted by Crippen LogP contribution is -2.42. The van der Waals surface area contributed by atoms with Gasteiger partial charge in [0.25, 0.3) is 5.91 Å². The van der Waals surface area contributed by atoms with Crippen LogP contribution in [0.15, 0.2) is 18.2 Å². The molecule has 1 aromatic rings. The predicted molar refractivity (Wildman–Crippen MR) is 84.6 cm³/mol. The fraction of sp³-hybridized carbons (Fsp3) is 0.588. The van der Waals surface area contributed by atoms with Crippen molar-refractivity contribution in [2.75, 3.05) is 32.8 Å². The number of hydrogen-bond acceptors (Lipinski definition) is 4. The molecule has 2 aliphatic heterocycles. The molecular weight excluding hydrogens is 280 g/mol. The van der Waals surface area contributed by atoms with Gasteiger partial charge in [0, 0.05) is 18.5 Å². The number of hydrogen-bond donors (Lipinski definition) is 2. The van der Waals surface area contributed by atoms with Crippen molar-refractivity contribution >= 4 is 5.91 Å². The highest BCUT2D eigenvalue weighted by atomic mass is 16.5.